The van der Waals surface area contributed by atoms with Gasteiger partial charge in [-0.15, -0.1) is 0 Å². The number of nitrogens with one attached hydrogen (secondary N) is 1. The maximum atomic E-state index is 14.1. The molecule has 0 atom stereocenters. The molecule has 0 spiro atoms. The Morgan fingerprint density at radius 1 is 1.28 bits per heavy atom. The van der Waals surface area contributed by atoms with Gasteiger partial charge in [-0.1, -0.05) is 23.4 Å². The average Bonchev–Trinajstić information content (AvgIpc) is 2.66. The first-order chi connectivity index (χ1) is 12.3. The lowest BCUT2D eigenvalue weighted by molar-refractivity contribution is 0.215. The Morgan fingerprint density at radius 2 is 2.12 bits per heavy atom. The number of hydrogen-bond donors (Lipinski definition) is 1. The zero-order valence-electron chi connectivity index (χ0n) is 14.2. The number of hydrogen-bond acceptors (Lipinski definition) is 5. The lowest BCUT2D eigenvalue weighted by atomic mass is 9.94. The number of aromatic nitrogens is 1. The summed E-state index contributed by atoms with van der Waals surface area (Å²) in [5, 5.41) is 6.97. The molecule has 3 rings (SSSR count). The molecule has 0 unspecified atom stereocenters. The van der Waals surface area contributed by atoms with Crippen LogP contribution in [0.4, 0.5) is 4.39 Å². The van der Waals surface area contributed by atoms with E-state index in [1.165, 1.54) is 19.4 Å². The van der Waals surface area contributed by atoms with Gasteiger partial charge in [-0.2, -0.15) is 0 Å². The molecule has 132 valence electrons. The monoisotopic (exact) mass is 343 g/mol. The number of oxime groups is 1. The number of pyridine rings is 1. The van der Waals surface area contributed by atoms with E-state index in [2.05, 4.69) is 20.3 Å². The molecule has 6 heteroatoms. The van der Waals surface area contributed by atoms with Crippen LogP contribution < -0.4 is 10.1 Å². The predicted octanol–water partition coefficient (Wildman–Crippen LogP) is 3.25. The smallest absolute Gasteiger partial charge is 0.213 e. The summed E-state index contributed by atoms with van der Waals surface area (Å²) in [5.41, 5.74) is 2.16. The van der Waals surface area contributed by atoms with Crippen molar-refractivity contribution >= 4 is 6.21 Å². The Balaban J connectivity index is 1.64. The molecule has 1 aromatic carbocycles. The van der Waals surface area contributed by atoms with Gasteiger partial charge in [0.2, 0.25) is 5.88 Å². The first kappa shape index (κ1) is 17.4. The number of ether oxygens (including phenoxy) is 1. The molecule has 5 nitrogen and oxygen atoms in total. The van der Waals surface area contributed by atoms with Gasteiger partial charge in [-0.25, -0.2) is 9.37 Å². The van der Waals surface area contributed by atoms with Crippen LogP contribution in [0.25, 0.3) is 0 Å². The minimum atomic E-state index is -0.338. The second-order valence-electron chi connectivity index (χ2n) is 5.98. The minimum Gasteiger partial charge on any atom is -0.473 e. The first-order valence-electron chi connectivity index (χ1n) is 8.41. The lowest BCUT2D eigenvalue weighted by Gasteiger charge is -2.22. The van der Waals surface area contributed by atoms with Crippen molar-refractivity contribution in [3.8, 4) is 5.88 Å². The number of piperidine rings is 1. The van der Waals surface area contributed by atoms with Crippen LogP contribution in [0.2, 0.25) is 0 Å². The second-order valence-corrected chi connectivity index (χ2v) is 5.98. The maximum absolute atomic E-state index is 14.1. The number of halogens is 1. The van der Waals surface area contributed by atoms with E-state index in [-0.39, 0.29) is 12.4 Å². The Bertz CT molecular complexity index is 730. The van der Waals surface area contributed by atoms with Crippen LogP contribution in [-0.4, -0.2) is 31.4 Å². The van der Waals surface area contributed by atoms with E-state index in [0.29, 0.717) is 22.9 Å². The van der Waals surface area contributed by atoms with Gasteiger partial charge in [0, 0.05) is 23.2 Å². The molecule has 2 aromatic rings. The van der Waals surface area contributed by atoms with Crippen LogP contribution in [0.5, 0.6) is 5.88 Å². The fourth-order valence-electron chi connectivity index (χ4n) is 2.88. The molecule has 1 aliphatic heterocycles. The van der Waals surface area contributed by atoms with Crippen LogP contribution in [0.15, 0.2) is 41.6 Å². The van der Waals surface area contributed by atoms with Crippen LogP contribution in [0.3, 0.4) is 0 Å². The van der Waals surface area contributed by atoms with Crippen molar-refractivity contribution in [1.29, 1.82) is 0 Å². The molecule has 0 bridgehead atoms. The van der Waals surface area contributed by atoms with Crippen molar-refractivity contribution in [2.45, 2.75) is 25.4 Å². The standard InChI is InChI=1S/C19H22FN3O2/c1-24-22-12-14-5-6-16(17(20)11-14)13-25-19-4-2-3-18(23-19)15-7-9-21-10-8-15/h2-6,11-12,15,21H,7-10,13H2,1H3. The molecular formula is C19H22FN3O2. The summed E-state index contributed by atoms with van der Waals surface area (Å²) in [6.07, 6.45) is 3.61. The normalized spacial score (nSPS) is 15.4. The van der Waals surface area contributed by atoms with E-state index < -0.39 is 0 Å². The molecule has 0 aliphatic carbocycles. The molecule has 0 saturated carbocycles. The SMILES string of the molecule is CON=Cc1ccc(COc2cccc(C3CCNCC3)n2)c(F)c1. The largest absolute Gasteiger partial charge is 0.473 e. The average molecular weight is 343 g/mol. The van der Waals surface area contributed by atoms with Gasteiger partial charge in [-0.05, 0) is 43.6 Å². The van der Waals surface area contributed by atoms with Crippen molar-refractivity contribution in [3.05, 3.63) is 59.0 Å². The summed E-state index contributed by atoms with van der Waals surface area (Å²) in [5.74, 6) is 0.649. The fraction of sp³-hybridized carbons (Fsp3) is 0.368. The topological polar surface area (TPSA) is 55.7 Å². The second kappa shape index (κ2) is 8.58. The van der Waals surface area contributed by atoms with Gasteiger partial charge >= 0.3 is 0 Å². The van der Waals surface area contributed by atoms with E-state index in [1.807, 2.05) is 18.2 Å². The van der Waals surface area contributed by atoms with Gasteiger partial charge in [0.25, 0.3) is 0 Å². The number of rotatable bonds is 6. The van der Waals surface area contributed by atoms with Crippen molar-refractivity contribution in [3.63, 3.8) is 0 Å². The summed E-state index contributed by atoms with van der Waals surface area (Å²) in [7, 11) is 1.44. The third kappa shape index (κ3) is 4.76. The van der Waals surface area contributed by atoms with Gasteiger partial charge in [0.15, 0.2) is 0 Å². The highest BCUT2D eigenvalue weighted by Crippen LogP contribution is 2.25. The number of nitrogens with zero attached hydrogens (tertiary/aromatic N) is 2. The highest BCUT2D eigenvalue weighted by Gasteiger charge is 2.16. The summed E-state index contributed by atoms with van der Waals surface area (Å²) in [4.78, 5) is 9.18. The summed E-state index contributed by atoms with van der Waals surface area (Å²) < 4.78 is 19.8. The Labute approximate surface area is 146 Å². The van der Waals surface area contributed by atoms with Crippen LogP contribution >= 0.6 is 0 Å². The summed E-state index contributed by atoms with van der Waals surface area (Å²) in [6.45, 7) is 2.17. The van der Waals surface area contributed by atoms with E-state index in [1.54, 1.807) is 12.1 Å². The van der Waals surface area contributed by atoms with Gasteiger partial charge in [-0.3, -0.25) is 0 Å². The molecule has 1 fully saturated rings. The molecule has 1 saturated heterocycles. The van der Waals surface area contributed by atoms with Crippen LogP contribution in [-0.2, 0) is 11.4 Å². The third-order valence-electron chi connectivity index (χ3n) is 4.26. The van der Waals surface area contributed by atoms with Crippen LogP contribution in [0, 0.1) is 5.82 Å². The van der Waals surface area contributed by atoms with E-state index >= 15 is 0 Å². The Hall–Kier alpha value is -2.47. The molecular weight excluding hydrogens is 321 g/mol. The van der Waals surface area contributed by atoms with Crippen molar-refractivity contribution < 1.29 is 14.0 Å². The minimum absolute atomic E-state index is 0.135. The summed E-state index contributed by atoms with van der Waals surface area (Å²) in [6, 6.07) is 10.6. The van der Waals surface area contributed by atoms with Crippen molar-refractivity contribution in [2.75, 3.05) is 20.2 Å². The van der Waals surface area contributed by atoms with Gasteiger partial charge in [0.05, 0.1) is 6.21 Å². The fourth-order valence-corrected chi connectivity index (χ4v) is 2.88. The highest BCUT2D eigenvalue weighted by atomic mass is 19.1. The van der Waals surface area contributed by atoms with E-state index in [4.69, 9.17) is 4.74 Å². The molecule has 25 heavy (non-hydrogen) atoms. The van der Waals surface area contributed by atoms with E-state index in [0.717, 1.165) is 31.6 Å². The third-order valence-corrected chi connectivity index (χ3v) is 4.26. The van der Waals surface area contributed by atoms with Crippen molar-refractivity contribution in [1.82, 2.24) is 10.3 Å². The van der Waals surface area contributed by atoms with Crippen LogP contribution in [0.1, 0.15) is 35.6 Å². The predicted molar refractivity (Wildman–Crippen MR) is 94.4 cm³/mol. The molecule has 0 radical (unpaired) electrons. The lowest BCUT2D eigenvalue weighted by Crippen LogP contribution is -2.27. The highest BCUT2D eigenvalue weighted by molar-refractivity contribution is 5.79. The molecule has 2 heterocycles. The Kier molecular flexibility index (Phi) is 5.95. The maximum Gasteiger partial charge on any atom is 0.213 e. The molecule has 1 aromatic heterocycles. The Morgan fingerprint density at radius 3 is 2.88 bits per heavy atom. The zero-order valence-corrected chi connectivity index (χ0v) is 14.2. The summed E-state index contributed by atoms with van der Waals surface area (Å²) >= 11 is 0. The van der Waals surface area contributed by atoms with E-state index in [9.17, 15) is 4.39 Å². The molecule has 1 aliphatic rings. The molecule has 0 amide bonds. The van der Waals surface area contributed by atoms with Crippen molar-refractivity contribution in [2.24, 2.45) is 5.16 Å². The zero-order chi connectivity index (χ0) is 17.5. The number of benzene rings is 1. The van der Waals surface area contributed by atoms with Gasteiger partial charge < -0.3 is 14.9 Å². The van der Waals surface area contributed by atoms with Gasteiger partial charge in [0.1, 0.15) is 19.5 Å². The quantitative estimate of drug-likeness (QED) is 0.646. The first-order valence-corrected chi connectivity index (χ1v) is 8.41. The molecule has 1 N–H and O–H groups in total.